The molecule has 10 aliphatic rings. The molecule has 8 saturated carbocycles. The Morgan fingerprint density at radius 3 is 1.37 bits per heavy atom. The Kier molecular flexibility index (Phi) is 33.3. The van der Waals surface area contributed by atoms with Crippen LogP contribution < -0.4 is 0 Å². The second-order valence-corrected chi connectivity index (χ2v) is 26.2. The van der Waals surface area contributed by atoms with Crippen LogP contribution >= 0.6 is 11.8 Å². The molecule has 0 aromatic carbocycles. The van der Waals surface area contributed by atoms with E-state index in [0.717, 1.165) is 68.3 Å². The second kappa shape index (κ2) is 31.6. The fraction of sp³-hybridized carbons (Fsp3) is 0.921. The molecule has 76 heavy (non-hydrogen) atoms. The van der Waals surface area contributed by atoms with Crippen molar-refractivity contribution < 1.29 is 57.5 Å². The molecule has 0 amide bonds. The minimum absolute atomic E-state index is 0. The third-order valence-corrected chi connectivity index (χ3v) is 18.7. The average molecular weight is 1110 g/mol. The van der Waals surface area contributed by atoms with Gasteiger partial charge in [0.05, 0.1) is 46.2 Å². The number of aliphatic hydroxyl groups is 1. The number of esters is 5. The number of carbonyl (C=O) groups is 5. The summed E-state index contributed by atoms with van der Waals surface area (Å²) in [5.41, 5.74) is -2.77. The lowest BCUT2D eigenvalue weighted by Gasteiger charge is -2.62. The van der Waals surface area contributed by atoms with Gasteiger partial charge in [-0.3, -0.25) is 19.2 Å². The van der Waals surface area contributed by atoms with Crippen LogP contribution in [0.3, 0.4) is 0 Å². The van der Waals surface area contributed by atoms with Crippen molar-refractivity contribution in [3.63, 3.8) is 0 Å². The predicted molar refractivity (Wildman–Crippen MR) is 318 cm³/mol. The van der Waals surface area contributed by atoms with E-state index in [1.807, 2.05) is 62.3 Å². The Hall–Kier alpha value is -2.38. The zero-order valence-corrected chi connectivity index (χ0v) is 45.5. The summed E-state index contributed by atoms with van der Waals surface area (Å²) in [4.78, 5) is 59.4. The first-order chi connectivity index (χ1) is 31.6. The number of cyclic esters (lactones) is 1. The van der Waals surface area contributed by atoms with Crippen molar-refractivity contribution in [2.45, 2.75) is 288 Å². The summed E-state index contributed by atoms with van der Waals surface area (Å²) >= 11 is 1.76. The van der Waals surface area contributed by atoms with E-state index in [0.29, 0.717) is 62.1 Å². The minimum Gasteiger partial charge on any atom is -0.463 e. The predicted octanol–water partition coefficient (Wildman–Crippen LogP) is 16.3. The molecule has 4 unspecified atom stereocenters. The van der Waals surface area contributed by atoms with E-state index in [2.05, 4.69) is 20.8 Å². The van der Waals surface area contributed by atoms with Gasteiger partial charge in [0, 0.05) is 18.6 Å². The maximum absolute atomic E-state index is 12.8. The van der Waals surface area contributed by atoms with Crippen LogP contribution in [-0.4, -0.2) is 88.9 Å². The standard InChI is InChI=1S/C19H32O2.C16H26O3.C10H16O4.C10H18O3S.8CH4/c1-6-18(4,5)17(20)21-19(12(2)3)15-8-13-7-14(10-15)11-16(19)9-13;1-4-14(2,3)13(17)19-16-8-11-5-12(9-16)7-15(18,6-11)10-16;1-4-10(2,3)9(12)14-7-5-6-13-8(7)11;1-4-10(2,3)9(11)13-8-7-14-6-5-12-8;;;;;;;;/h12-16H,6-11H2,1-5H3;11-12,18H,4-10H2,1-3H3;7H,4-6H2,1-3H3;8H,4-7H2,1-3H3;8*1H4. The molecule has 454 valence electrons. The summed E-state index contributed by atoms with van der Waals surface area (Å²) in [5, 5.41) is 10.6. The van der Waals surface area contributed by atoms with Crippen LogP contribution in [0.15, 0.2) is 0 Å². The van der Waals surface area contributed by atoms with Crippen LogP contribution in [0.2, 0.25) is 0 Å². The Labute approximate surface area is 473 Å². The van der Waals surface area contributed by atoms with Gasteiger partial charge >= 0.3 is 29.8 Å². The summed E-state index contributed by atoms with van der Waals surface area (Å²) in [5.74, 6) is 5.40. The Morgan fingerprint density at radius 2 is 1.00 bits per heavy atom. The zero-order valence-electron chi connectivity index (χ0n) is 44.7. The summed E-state index contributed by atoms with van der Waals surface area (Å²) in [7, 11) is 0. The zero-order chi connectivity index (χ0) is 50.7. The molecule has 4 atom stereocenters. The Balaban J connectivity index is -0.000000446. The molecule has 10 rings (SSSR count). The van der Waals surface area contributed by atoms with Gasteiger partial charge < -0.3 is 33.5 Å². The largest absolute Gasteiger partial charge is 0.463 e. The van der Waals surface area contributed by atoms with Gasteiger partial charge in [0.1, 0.15) is 11.2 Å². The van der Waals surface area contributed by atoms with Gasteiger partial charge in [-0.05, 0) is 187 Å². The van der Waals surface area contributed by atoms with Crippen LogP contribution in [0.25, 0.3) is 0 Å². The van der Waals surface area contributed by atoms with Crippen molar-refractivity contribution in [2.24, 2.45) is 63.1 Å². The first kappa shape index (κ1) is 80.1. The molecular formula is C63H124O12S. The fourth-order valence-electron chi connectivity index (χ4n) is 12.3. The van der Waals surface area contributed by atoms with Crippen LogP contribution in [0.1, 0.15) is 259 Å². The number of thioether (sulfide) groups is 1. The van der Waals surface area contributed by atoms with Gasteiger partial charge in [0.2, 0.25) is 12.4 Å². The maximum atomic E-state index is 12.8. The summed E-state index contributed by atoms with van der Waals surface area (Å²) in [6.07, 6.45) is 14.8. The molecule has 1 N–H and O–H groups in total. The van der Waals surface area contributed by atoms with E-state index < -0.39 is 33.9 Å². The van der Waals surface area contributed by atoms with Crippen molar-refractivity contribution >= 4 is 41.6 Å². The van der Waals surface area contributed by atoms with E-state index in [1.54, 1.807) is 25.6 Å². The third kappa shape index (κ3) is 18.9. The van der Waals surface area contributed by atoms with E-state index >= 15 is 0 Å². The van der Waals surface area contributed by atoms with E-state index in [-0.39, 0.29) is 106 Å². The SMILES string of the molecule is C.C.C.C.C.C.C.C.CCC(C)(C)C(=O)OC1(C(C)C)C2CC3CC(C2)CC1C3.CCC(C)(C)C(=O)OC12CC3CC(CC(O)(C3)C1)C2.CCC(C)(C)C(=O)OC1CCOC1=O.CCC(C)(C)C(=O)OC1CSCCO1. The lowest BCUT2D eigenvalue weighted by Crippen LogP contribution is -2.63. The number of hydrogen-bond acceptors (Lipinski definition) is 13. The molecular weight excluding hydrogens is 981 g/mol. The lowest BCUT2D eigenvalue weighted by molar-refractivity contribution is -0.231. The van der Waals surface area contributed by atoms with Crippen LogP contribution in [-0.2, 0) is 52.4 Å². The van der Waals surface area contributed by atoms with E-state index in [4.69, 9.17) is 28.4 Å². The van der Waals surface area contributed by atoms with Crippen LogP contribution in [0, 0.1) is 63.1 Å². The lowest BCUT2D eigenvalue weighted by atomic mass is 9.47. The van der Waals surface area contributed by atoms with Crippen molar-refractivity contribution in [3.05, 3.63) is 0 Å². The quantitative estimate of drug-likeness (QED) is 0.137. The van der Waals surface area contributed by atoms with Crippen molar-refractivity contribution in [1.82, 2.24) is 0 Å². The first-order valence-corrected chi connectivity index (χ1v) is 27.7. The summed E-state index contributed by atoms with van der Waals surface area (Å²) in [6, 6.07) is 0. The second-order valence-electron chi connectivity index (χ2n) is 25.0. The summed E-state index contributed by atoms with van der Waals surface area (Å²) in [6.45, 7) is 28.9. The topological polar surface area (TPSA) is 161 Å². The normalized spacial score (nSPS) is 30.9. The van der Waals surface area contributed by atoms with Crippen LogP contribution in [0.5, 0.6) is 0 Å². The van der Waals surface area contributed by atoms with Gasteiger partial charge in [-0.15, -0.1) is 0 Å². The van der Waals surface area contributed by atoms with Crippen molar-refractivity contribution in [2.75, 3.05) is 24.7 Å². The highest BCUT2D eigenvalue weighted by Gasteiger charge is 2.62. The number of carbonyl (C=O) groups excluding carboxylic acids is 5. The highest BCUT2D eigenvalue weighted by atomic mass is 32.2. The van der Waals surface area contributed by atoms with Gasteiger partial charge in [-0.1, -0.05) is 101 Å². The van der Waals surface area contributed by atoms with Crippen molar-refractivity contribution in [3.8, 4) is 0 Å². The average Bonchev–Trinajstić information content (AvgIpc) is 3.67. The van der Waals surface area contributed by atoms with Gasteiger partial charge in [-0.2, -0.15) is 11.8 Å². The minimum atomic E-state index is -0.687. The molecule has 2 aliphatic heterocycles. The first-order valence-electron chi connectivity index (χ1n) is 26.6. The van der Waals surface area contributed by atoms with E-state index in [1.165, 1.54) is 38.5 Å². The molecule has 0 radical (unpaired) electrons. The molecule has 0 spiro atoms. The number of rotatable bonds is 13. The molecule has 0 aromatic rings. The van der Waals surface area contributed by atoms with Gasteiger partial charge in [0.25, 0.3) is 0 Å². The maximum Gasteiger partial charge on any atom is 0.347 e. The summed E-state index contributed by atoms with van der Waals surface area (Å²) < 4.78 is 32.7. The highest BCUT2D eigenvalue weighted by molar-refractivity contribution is 7.99. The molecule has 2 saturated heterocycles. The van der Waals surface area contributed by atoms with Gasteiger partial charge in [0.15, 0.2) is 0 Å². The smallest absolute Gasteiger partial charge is 0.347 e. The Morgan fingerprint density at radius 1 is 0.592 bits per heavy atom. The number of hydrogen-bond donors (Lipinski definition) is 1. The van der Waals surface area contributed by atoms with Gasteiger partial charge in [-0.25, -0.2) is 4.79 Å². The van der Waals surface area contributed by atoms with Crippen LogP contribution in [0.4, 0.5) is 0 Å². The molecule has 13 heteroatoms. The van der Waals surface area contributed by atoms with Crippen molar-refractivity contribution in [1.29, 1.82) is 0 Å². The molecule has 12 nitrogen and oxygen atoms in total. The molecule has 0 aromatic heterocycles. The molecule has 8 aliphatic carbocycles. The highest BCUT2D eigenvalue weighted by Crippen LogP contribution is 2.62. The molecule has 2 heterocycles. The molecule has 10 fully saturated rings. The van der Waals surface area contributed by atoms with E-state index in [9.17, 15) is 29.1 Å². The third-order valence-electron chi connectivity index (χ3n) is 17.8. The Bertz CT molecular complexity index is 1720. The number of ether oxygens (including phenoxy) is 6. The monoisotopic (exact) mass is 1100 g/mol. The fourth-order valence-corrected chi connectivity index (χ4v) is 13.0. The molecule has 8 bridgehead atoms.